The van der Waals surface area contributed by atoms with Gasteiger partial charge in [0.05, 0.1) is 6.04 Å². The standard InChI is InChI=1S/C13H23N3/c1-2-9-16-10-8-15-13(16)12(14)11-6-4-3-5-7-11/h8,10-12H,2-7,9,14H2,1H3. The van der Waals surface area contributed by atoms with Gasteiger partial charge >= 0.3 is 0 Å². The molecule has 1 saturated carbocycles. The van der Waals surface area contributed by atoms with E-state index in [0.717, 1.165) is 18.8 Å². The Morgan fingerprint density at radius 1 is 1.44 bits per heavy atom. The van der Waals surface area contributed by atoms with Gasteiger partial charge in [-0.15, -0.1) is 0 Å². The number of nitrogens with two attached hydrogens (primary N) is 1. The number of hydrogen-bond acceptors (Lipinski definition) is 2. The van der Waals surface area contributed by atoms with Gasteiger partial charge < -0.3 is 10.3 Å². The lowest BCUT2D eigenvalue weighted by Gasteiger charge is -2.27. The van der Waals surface area contributed by atoms with E-state index in [1.807, 2.05) is 6.20 Å². The predicted molar refractivity (Wildman–Crippen MR) is 66.0 cm³/mol. The first-order chi connectivity index (χ1) is 7.83. The van der Waals surface area contributed by atoms with Crippen LogP contribution in [0, 0.1) is 5.92 Å². The molecule has 1 aromatic rings. The molecule has 0 bridgehead atoms. The SMILES string of the molecule is CCCn1ccnc1C(N)C1CCCCC1. The molecule has 1 fully saturated rings. The third-order valence-electron chi connectivity index (χ3n) is 3.67. The van der Waals surface area contributed by atoms with E-state index >= 15 is 0 Å². The van der Waals surface area contributed by atoms with Gasteiger partial charge in [-0.05, 0) is 25.2 Å². The fourth-order valence-electron chi connectivity index (χ4n) is 2.75. The lowest BCUT2D eigenvalue weighted by molar-refractivity contribution is 0.296. The van der Waals surface area contributed by atoms with E-state index in [9.17, 15) is 0 Å². The highest BCUT2D eigenvalue weighted by atomic mass is 15.1. The van der Waals surface area contributed by atoms with Crippen molar-refractivity contribution in [3.8, 4) is 0 Å². The normalized spacial score (nSPS) is 19.9. The number of rotatable bonds is 4. The first-order valence-electron chi connectivity index (χ1n) is 6.59. The maximum absolute atomic E-state index is 6.36. The minimum atomic E-state index is 0.141. The molecule has 0 saturated heterocycles. The molecule has 2 rings (SSSR count). The van der Waals surface area contributed by atoms with Crippen molar-refractivity contribution in [2.24, 2.45) is 11.7 Å². The van der Waals surface area contributed by atoms with E-state index in [0.29, 0.717) is 5.92 Å². The average molecular weight is 221 g/mol. The highest BCUT2D eigenvalue weighted by Crippen LogP contribution is 2.32. The van der Waals surface area contributed by atoms with Crippen LogP contribution < -0.4 is 5.73 Å². The summed E-state index contributed by atoms with van der Waals surface area (Å²) in [6.45, 7) is 3.23. The fraction of sp³-hybridized carbons (Fsp3) is 0.769. The number of aromatic nitrogens is 2. The largest absolute Gasteiger partial charge is 0.334 e. The van der Waals surface area contributed by atoms with Crippen LogP contribution in [0.25, 0.3) is 0 Å². The van der Waals surface area contributed by atoms with Gasteiger partial charge in [0, 0.05) is 18.9 Å². The van der Waals surface area contributed by atoms with Crippen LogP contribution in [0.4, 0.5) is 0 Å². The molecule has 1 aliphatic rings. The molecule has 3 heteroatoms. The smallest absolute Gasteiger partial charge is 0.125 e. The molecule has 0 aliphatic heterocycles. The first kappa shape index (κ1) is 11.6. The van der Waals surface area contributed by atoms with Crippen LogP contribution in [0.2, 0.25) is 0 Å². The summed E-state index contributed by atoms with van der Waals surface area (Å²) in [6, 6.07) is 0.141. The molecule has 16 heavy (non-hydrogen) atoms. The third-order valence-corrected chi connectivity index (χ3v) is 3.67. The number of nitrogens with zero attached hydrogens (tertiary/aromatic N) is 2. The second kappa shape index (κ2) is 5.48. The second-order valence-corrected chi connectivity index (χ2v) is 4.90. The molecule has 1 aliphatic carbocycles. The van der Waals surface area contributed by atoms with Crippen LogP contribution in [0.15, 0.2) is 12.4 Å². The molecule has 3 nitrogen and oxygen atoms in total. The monoisotopic (exact) mass is 221 g/mol. The van der Waals surface area contributed by atoms with Crippen molar-refractivity contribution < 1.29 is 0 Å². The molecule has 0 radical (unpaired) electrons. The number of aryl methyl sites for hydroxylation is 1. The summed E-state index contributed by atoms with van der Waals surface area (Å²) in [5, 5.41) is 0. The van der Waals surface area contributed by atoms with E-state index in [-0.39, 0.29) is 6.04 Å². The molecule has 1 unspecified atom stereocenters. The van der Waals surface area contributed by atoms with Gasteiger partial charge in [-0.3, -0.25) is 0 Å². The zero-order chi connectivity index (χ0) is 11.4. The molecular formula is C13H23N3. The molecule has 0 aromatic carbocycles. The van der Waals surface area contributed by atoms with Crippen LogP contribution in [-0.4, -0.2) is 9.55 Å². The maximum Gasteiger partial charge on any atom is 0.125 e. The molecule has 1 aromatic heterocycles. The Bertz CT molecular complexity index is 313. The topological polar surface area (TPSA) is 43.8 Å². The van der Waals surface area contributed by atoms with Crippen LogP contribution >= 0.6 is 0 Å². The molecule has 0 spiro atoms. The second-order valence-electron chi connectivity index (χ2n) is 4.90. The van der Waals surface area contributed by atoms with E-state index in [1.54, 1.807) is 0 Å². The summed E-state index contributed by atoms with van der Waals surface area (Å²) in [7, 11) is 0. The molecule has 90 valence electrons. The van der Waals surface area contributed by atoms with Gasteiger partial charge in [-0.1, -0.05) is 26.2 Å². The maximum atomic E-state index is 6.36. The lowest BCUT2D eigenvalue weighted by atomic mass is 9.84. The van der Waals surface area contributed by atoms with Gasteiger partial charge in [0.2, 0.25) is 0 Å². The summed E-state index contributed by atoms with van der Waals surface area (Å²) < 4.78 is 2.22. The van der Waals surface area contributed by atoms with Gasteiger partial charge in [-0.25, -0.2) is 4.98 Å². The molecule has 1 atom stereocenters. The third kappa shape index (κ3) is 2.46. The van der Waals surface area contributed by atoms with Crippen LogP contribution in [0.5, 0.6) is 0 Å². The highest BCUT2D eigenvalue weighted by molar-refractivity contribution is 5.01. The van der Waals surface area contributed by atoms with E-state index in [2.05, 4.69) is 22.7 Å². The van der Waals surface area contributed by atoms with Crippen LogP contribution in [0.3, 0.4) is 0 Å². The summed E-state index contributed by atoms with van der Waals surface area (Å²) in [6.07, 6.45) is 11.7. The highest BCUT2D eigenvalue weighted by Gasteiger charge is 2.24. The Morgan fingerprint density at radius 2 is 2.19 bits per heavy atom. The summed E-state index contributed by atoms with van der Waals surface area (Å²) in [5.41, 5.74) is 6.36. The Balaban J connectivity index is 2.06. The minimum Gasteiger partial charge on any atom is -0.334 e. The Hall–Kier alpha value is -0.830. The van der Waals surface area contributed by atoms with Crippen LogP contribution in [0.1, 0.15) is 57.3 Å². The van der Waals surface area contributed by atoms with Gasteiger partial charge in [-0.2, -0.15) is 0 Å². The Labute approximate surface area is 98.1 Å². The average Bonchev–Trinajstić information content (AvgIpc) is 2.78. The lowest BCUT2D eigenvalue weighted by Crippen LogP contribution is -2.26. The van der Waals surface area contributed by atoms with Crippen molar-refractivity contribution in [1.82, 2.24) is 9.55 Å². The molecule has 2 N–H and O–H groups in total. The Morgan fingerprint density at radius 3 is 2.88 bits per heavy atom. The van der Waals surface area contributed by atoms with Crippen molar-refractivity contribution in [3.05, 3.63) is 18.2 Å². The Kier molecular flexibility index (Phi) is 3.99. The number of hydrogen-bond donors (Lipinski definition) is 1. The summed E-state index contributed by atoms with van der Waals surface area (Å²) in [5.74, 6) is 1.74. The van der Waals surface area contributed by atoms with E-state index in [1.165, 1.54) is 32.1 Å². The summed E-state index contributed by atoms with van der Waals surface area (Å²) >= 11 is 0. The molecule has 0 amide bonds. The van der Waals surface area contributed by atoms with E-state index < -0.39 is 0 Å². The molecular weight excluding hydrogens is 198 g/mol. The van der Waals surface area contributed by atoms with Crippen molar-refractivity contribution in [2.75, 3.05) is 0 Å². The van der Waals surface area contributed by atoms with Gasteiger partial charge in [0.1, 0.15) is 5.82 Å². The van der Waals surface area contributed by atoms with Crippen LogP contribution in [-0.2, 0) is 6.54 Å². The van der Waals surface area contributed by atoms with Crippen molar-refractivity contribution >= 4 is 0 Å². The van der Waals surface area contributed by atoms with Crippen molar-refractivity contribution in [3.63, 3.8) is 0 Å². The zero-order valence-electron chi connectivity index (χ0n) is 10.2. The quantitative estimate of drug-likeness (QED) is 0.849. The minimum absolute atomic E-state index is 0.141. The van der Waals surface area contributed by atoms with Gasteiger partial charge in [0.15, 0.2) is 0 Å². The van der Waals surface area contributed by atoms with Crippen molar-refractivity contribution in [2.45, 2.75) is 58.0 Å². The fourth-order valence-corrected chi connectivity index (χ4v) is 2.75. The number of imidazole rings is 1. The summed E-state index contributed by atoms with van der Waals surface area (Å²) in [4.78, 5) is 4.45. The predicted octanol–water partition coefficient (Wildman–Crippen LogP) is 2.87. The molecule has 1 heterocycles. The zero-order valence-corrected chi connectivity index (χ0v) is 10.2. The van der Waals surface area contributed by atoms with Gasteiger partial charge in [0.25, 0.3) is 0 Å². The first-order valence-corrected chi connectivity index (χ1v) is 6.59. The van der Waals surface area contributed by atoms with Crippen molar-refractivity contribution in [1.29, 1.82) is 0 Å². The van der Waals surface area contributed by atoms with E-state index in [4.69, 9.17) is 5.73 Å².